The van der Waals surface area contributed by atoms with Crippen LogP contribution in [0.2, 0.25) is 0 Å². The molecule has 0 aliphatic carbocycles. The minimum Gasteiger partial charge on any atom is -0.391 e. The van der Waals surface area contributed by atoms with Crippen molar-refractivity contribution in [1.29, 1.82) is 0 Å². The molecule has 48 heavy (non-hydrogen) atoms. The van der Waals surface area contributed by atoms with Crippen LogP contribution in [0.25, 0.3) is 0 Å². The number of hydrogen-bond donors (Lipinski definition) is 4. The van der Waals surface area contributed by atoms with Crippen LogP contribution >= 0.6 is 7.82 Å². The zero-order chi connectivity index (χ0) is 35.4. The van der Waals surface area contributed by atoms with Crippen molar-refractivity contribution in [3.8, 4) is 0 Å². The van der Waals surface area contributed by atoms with E-state index in [0.717, 1.165) is 70.6 Å². The van der Waals surface area contributed by atoms with Gasteiger partial charge < -0.3 is 21.1 Å². The zero-order valence-electron chi connectivity index (χ0n) is 31.2. The summed E-state index contributed by atoms with van der Waals surface area (Å²) in [5.74, 6) is -0.177. The van der Waals surface area contributed by atoms with E-state index in [0.29, 0.717) is 12.8 Å². The van der Waals surface area contributed by atoms with Gasteiger partial charge in [-0.05, 0) is 38.5 Å². The SMILES string of the molecule is CCC/C=C\C/C=C\CCCCCCCC(=O)NC(COP(=O)(O)OCCN)C(O)CCCCCCCCCCCCCCCCCC. The molecule has 284 valence electrons. The summed E-state index contributed by atoms with van der Waals surface area (Å²) in [5, 5.41) is 13.7. The molecule has 0 bridgehead atoms. The van der Waals surface area contributed by atoms with Gasteiger partial charge in [0.1, 0.15) is 0 Å². The number of nitrogens with two attached hydrogens (primary N) is 1. The smallest absolute Gasteiger partial charge is 0.391 e. The standard InChI is InChI=1S/C39H77N2O6P/c1-3-5-7-9-11-13-15-17-18-19-21-22-24-26-28-30-32-38(42)37(36-47-48(44,45)46-35-34-40)41-39(43)33-31-29-27-25-23-20-16-14-12-10-8-6-4-2/h8,10,14,16,37-38,42H,3-7,9,11-13,15,17-36,40H2,1-2H3,(H,41,43)(H,44,45)/b10-8-,16-14-. The molecule has 5 N–H and O–H groups in total. The van der Waals surface area contributed by atoms with Gasteiger partial charge in [-0.25, -0.2) is 4.57 Å². The van der Waals surface area contributed by atoms with Crippen molar-refractivity contribution in [2.45, 2.75) is 199 Å². The van der Waals surface area contributed by atoms with Crippen LogP contribution in [0.5, 0.6) is 0 Å². The Morgan fingerprint density at radius 1 is 0.688 bits per heavy atom. The van der Waals surface area contributed by atoms with Crippen LogP contribution in [0, 0.1) is 0 Å². The number of unbranched alkanes of at least 4 members (excludes halogenated alkanes) is 21. The quantitative estimate of drug-likeness (QED) is 0.0288. The third-order valence-electron chi connectivity index (χ3n) is 8.79. The number of phosphoric ester groups is 1. The molecule has 0 spiro atoms. The molecule has 9 heteroatoms. The van der Waals surface area contributed by atoms with Crippen LogP contribution in [-0.2, 0) is 18.4 Å². The topological polar surface area (TPSA) is 131 Å². The fourth-order valence-corrected chi connectivity index (χ4v) is 6.52. The molecule has 0 heterocycles. The Bertz CT molecular complexity index is 809. The maximum absolute atomic E-state index is 12.7. The molecule has 0 saturated heterocycles. The van der Waals surface area contributed by atoms with Crippen LogP contribution in [0.4, 0.5) is 0 Å². The van der Waals surface area contributed by atoms with E-state index in [-0.39, 0.29) is 25.7 Å². The summed E-state index contributed by atoms with van der Waals surface area (Å²) < 4.78 is 22.1. The Kier molecular flexibility index (Phi) is 35.0. The van der Waals surface area contributed by atoms with Crippen LogP contribution in [0.3, 0.4) is 0 Å². The van der Waals surface area contributed by atoms with Crippen molar-refractivity contribution in [2.24, 2.45) is 5.73 Å². The number of hydrogen-bond acceptors (Lipinski definition) is 6. The van der Waals surface area contributed by atoms with Crippen molar-refractivity contribution < 1.29 is 28.4 Å². The highest BCUT2D eigenvalue weighted by Crippen LogP contribution is 2.43. The molecule has 1 amide bonds. The molecule has 0 aliphatic heterocycles. The van der Waals surface area contributed by atoms with Crippen LogP contribution < -0.4 is 11.1 Å². The van der Waals surface area contributed by atoms with Gasteiger partial charge in [0.25, 0.3) is 0 Å². The molecule has 0 aromatic heterocycles. The van der Waals surface area contributed by atoms with E-state index in [2.05, 4.69) is 43.5 Å². The van der Waals surface area contributed by atoms with Gasteiger partial charge in [0.2, 0.25) is 5.91 Å². The van der Waals surface area contributed by atoms with Crippen molar-refractivity contribution >= 4 is 13.7 Å². The van der Waals surface area contributed by atoms with Crippen LogP contribution in [0.1, 0.15) is 187 Å². The largest absolute Gasteiger partial charge is 0.472 e. The molecule has 0 saturated carbocycles. The van der Waals surface area contributed by atoms with Gasteiger partial charge in [0, 0.05) is 13.0 Å². The number of allylic oxidation sites excluding steroid dienone is 4. The molecule has 0 fully saturated rings. The van der Waals surface area contributed by atoms with E-state index >= 15 is 0 Å². The summed E-state index contributed by atoms with van der Waals surface area (Å²) in [6.07, 6.45) is 38.9. The number of carbonyl (C=O) groups is 1. The van der Waals surface area contributed by atoms with Gasteiger partial charge in [0.15, 0.2) is 0 Å². The molecule has 3 atom stereocenters. The predicted octanol–water partition coefficient (Wildman–Crippen LogP) is 10.6. The molecular formula is C39H77N2O6P. The molecule has 0 rings (SSSR count). The van der Waals surface area contributed by atoms with E-state index in [4.69, 9.17) is 14.8 Å². The van der Waals surface area contributed by atoms with E-state index in [1.807, 2.05) is 0 Å². The molecule has 0 aromatic rings. The van der Waals surface area contributed by atoms with Crippen molar-refractivity contribution in [2.75, 3.05) is 19.8 Å². The van der Waals surface area contributed by atoms with Gasteiger partial charge in [-0.15, -0.1) is 0 Å². The fourth-order valence-electron chi connectivity index (χ4n) is 5.76. The number of amides is 1. The Labute approximate surface area is 296 Å². The second-order valence-electron chi connectivity index (χ2n) is 13.5. The maximum atomic E-state index is 12.7. The Balaban J connectivity index is 4.22. The highest BCUT2D eigenvalue weighted by Gasteiger charge is 2.27. The predicted molar refractivity (Wildman–Crippen MR) is 203 cm³/mol. The van der Waals surface area contributed by atoms with Gasteiger partial charge in [-0.1, -0.05) is 167 Å². The third kappa shape index (κ3) is 33.5. The monoisotopic (exact) mass is 701 g/mol. The lowest BCUT2D eigenvalue weighted by atomic mass is 10.0. The van der Waals surface area contributed by atoms with E-state index in [1.165, 1.54) is 89.9 Å². The van der Waals surface area contributed by atoms with Gasteiger partial charge in [-0.2, -0.15) is 0 Å². The number of aliphatic hydroxyl groups excluding tert-OH is 1. The zero-order valence-corrected chi connectivity index (χ0v) is 32.1. The summed E-state index contributed by atoms with van der Waals surface area (Å²) >= 11 is 0. The Morgan fingerprint density at radius 2 is 1.19 bits per heavy atom. The average molecular weight is 701 g/mol. The first-order chi connectivity index (χ1) is 23.4. The number of carbonyl (C=O) groups excluding carboxylic acids is 1. The van der Waals surface area contributed by atoms with Crippen molar-refractivity contribution in [3.63, 3.8) is 0 Å². The van der Waals surface area contributed by atoms with E-state index < -0.39 is 20.0 Å². The first-order valence-corrected chi connectivity index (χ1v) is 21.4. The fraction of sp³-hybridized carbons (Fsp3) is 0.872. The third-order valence-corrected chi connectivity index (χ3v) is 9.77. The molecule has 0 radical (unpaired) electrons. The summed E-state index contributed by atoms with van der Waals surface area (Å²) in [6, 6.07) is -0.778. The lowest BCUT2D eigenvalue weighted by molar-refractivity contribution is -0.123. The normalized spacial score (nSPS) is 14.5. The number of rotatable bonds is 37. The molecule has 3 unspecified atom stereocenters. The molecular weight excluding hydrogens is 623 g/mol. The van der Waals surface area contributed by atoms with Gasteiger partial charge in [-0.3, -0.25) is 13.8 Å². The summed E-state index contributed by atoms with van der Waals surface area (Å²) in [5.41, 5.74) is 5.36. The van der Waals surface area contributed by atoms with Crippen molar-refractivity contribution in [1.82, 2.24) is 5.32 Å². The lowest BCUT2D eigenvalue weighted by Crippen LogP contribution is -2.46. The number of aliphatic hydroxyl groups is 1. The number of nitrogens with one attached hydrogen (secondary N) is 1. The van der Waals surface area contributed by atoms with Gasteiger partial charge in [0.05, 0.1) is 25.4 Å². The van der Waals surface area contributed by atoms with E-state index in [9.17, 15) is 19.4 Å². The number of phosphoric acid groups is 1. The summed E-state index contributed by atoms with van der Waals surface area (Å²) in [6.45, 7) is 4.13. The summed E-state index contributed by atoms with van der Waals surface area (Å²) in [4.78, 5) is 22.6. The maximum Gasteiger partial charge on any atom is 0.472 e. The molecule has 0 aromatic carbocycles. The first-order valence-electron chi connectivity index (χ1n) is 20.0. The van der Waals surface area contributed by atoms with Crippen LogP contribution in [-0.4, -0.2) is 47.8 Å². The lowest BCUT2D eigenvalue weighted by Gasteiger charge is -2.25. The Morgan fingerprint density at radius 3 is 1.73 bits per heavy atom. The summed E-state index contributed by atoms with van der Waals surface area (Å²) in [7, 11) is -4.31. The highest BCUT2D eigenvalue weighted by atomic mass is 31.2. The second kappa shape index (κ2) is 35.8. The second-order valence-corrected chi connectivity index (χ2v) is 14.9. The van der Waals surface area contributed by atoms with Crippen LogP contribution in [0.15, 0.2) is 24.3 Å². The average Bonchev–Trinajstić information content (AvgIpc) is 3.07. The first kappa shape index (κ1) is 47.0. The molecule has 0 aliphatic rings. The van der Waals surface area contributed by atoms with E-state index in [1.54, 1.807) is 0 Å². The van der Waals surface area contributed by atoms with Gasteiger partial charge >= 0.3 is 7.82 Å². The highest BCUT2D eigenvalue weighted by molar-refractivity contribution is 7.47. The Hall–Kier alpha value is -1.02. The molecule has 8 nitrogen and oxygen atoms in total. The van der Waals surface area contributed by atoms with Crippen molar-refractivity contribution in [3.05, 3.63) is 24.3 Å². The minimum absolute atomic E-state index is 0.0867. The minimum atomic E-state index is -4.31.